The van der Waals surface area contributed by atoms with Crippen LogP contribution in [-0.2, 0) is 6.54 Å². The fraction of sp³-hybridized carbons (Fsp3) is 0.136. The van der Waals surface area contributed by atoms with Gasteiger partial charge in [0.15, 0.2) is 5.96 Å². The molecule has 2 atom stereocenters. The lowest BCUT2D eigenvalue weighted by Gasteiger charge is -2.19. The molecule has 4 rings (SSSR count). The lowest BCUT2D eigenvalue weighted by atomic mass is 9.95. The molecule has 3 nitrogen and oxygen atoms in total. The summed E-state index contributed by atoms with van der Waals surface area (Å²) < 4.78 is 13.0. The Morgan fingerprint density at radius 3 is 2.08 bits per heavy atom. The van der Waals surface area contributed by atoms with E-state index in [1.54, 1.807) is 12.1 Å². The van der Waals surface area contributed by atoms with Crippen LogP contribution in [-0.4, -0.2) is 5.96 Å². The van der Waals surface area contributed by atoms with Crippen LogP contribution in [0.15, 0.2) is 89.9 Å². The fourth-order valence-electron chi connectivity index (χ4n) is 3.21. The molecule has 0 fully saturated rings. The van der Waals surface area contributed by atoms with Crippen molar-refractivity contribution in [2.24, 2.45) is 4.99 Å². The average Bonchev–Trinajstić information content (AvgIpc) is 3.13. The van der Waals surface area contributed by atoms with Crippen molar-refractivity contribution >= 4 is 5.96 Å². The minimum Gasteiger partial charge on any atom is -0.352 e. The molecule has 0 radical (unpaired) electrons. The predicted molar refractivity (Wildman–Crippen MR) is 102 cm³/mol. The van der Waals surface area contributed by atoms with Crippen molar-refractivity contribution in [2.75, 3.05) is 0 Å². The summed E-state index contributed by atoms with van der Waals surface area (Å²) in [6.07, 6.45) is 0. The second kappa shape index (κ2) is 7.40. The van der Waals surface area contributed by atoms with E-state index in [0.717, 1.165) is 11.5 Å². The van der Waals surface area contributed by atoms with Crippen LogP contribution in [0.4, 0.5) is 4.39 Å². The summed E-state index contributed by atoms with van der Waals surface area (Å²) in [4.78, 5) is 4.87. The van der Waals surface area contributed by atoms with E-state index in [1.165, 1.54) is 23.3 Å². The number of benzene rings is 3. The van der Waals surface area contributed by atoms with Crippen molar-refractivity contribution in [3.63, 3.8) is 0 Å². The van der Waals surface area contributed by atoms with Crippen LogP contribution < -0.4 is 10.6 Å². The van der Waals surface area contributed by atoms with E-state index >= 15 is 0 Å². The van der Waals surface area contributed by atoms with E-state index in [0.29, 0.717) is 6.54 Å². The summed E-state index contributed by atoms with van der Waals surface area (Å²) in [5.74, 6) is 0.537. The summed E-state index contributed by atoms with van der Waals surface area (Å²) in [6, 6.07) is 27.2. The first-order valence-electron chi connectivity index (χ1n) is 8.72. The van der Waals surface area contributed by atoms with Gasteiger partial charge in [0.05, 0.1) is 6.04 Å². The molecule has 3 aromatic rings. The Morgan fingerprint density at radius 2 is 1.42 bits per heavy atom. The molecule has 4 heteroatoms. The van der Waals surface area contributed by atoms with Crippen molar-refractivity contribution in [2.45, 2.75) is 18.6 Å². The molecule has 0 saturated carbocycles. The largest absolute Gasteiger partial charge is 0.352 e. The molecule has 0 amide bonds. The lowest BCUT2D eigenvalue weighted by molar-refractivity contribution is 0.570. The van der Waals surface area contributed by atoms with Crippen LogP contribution in [0.25, 0.3) is 0 Å². The number of hydrogen-bond acceptors (Lipinski definition) is 3. The number of halogens is 1. The Bertz CT molecular complexity index is 876. The molecule has 0 saturated heterocycles. The maximum Gasteiger partial charge on any atom is 0.192 e. The highest BCUT2D eigenvalue weighted by Gasteiger charge is 2.30. The number of nitrogens with zero attached hydrogens (tertiary/aromatic N) is 1. The molecule has 1 heterocycles. The van der Waals surface area contributed by atoms with Gasteiger partial charge in [-0.15, -0.1) is 0 Å². The molecule has 0 bridgehead atoms. The van der Waals surface area contributed by atoms with Gasteiger partial charge in [-0.3, -0.25) is 0 Å². The average molecular weight is 345 g/mol. The highest BCUT2D eigenvalue weighted by atomic mass is 19.1. The molecule has 0 aromatic heterocycles. The molecule has 0 unspecified atom stereocenters. The van der Waals surface area contributed by atoms with Crippen molar-refractivity contribution in [1.29, 1.82) is 0 Å². The topological polar surface area (TPSA) is 36.4 Å². The molecule has 0 spiro atoms. The van der Waals surface area contributed by atoms with Gasteiger partial charge in [0.2, 0.25) is 0 Å². The first-order valence-corrected chi connectivity index (χ1v) is 8.72. The van der Waals surface area contributed by atoms with Crippen molar-refractivity contribution < 1.29 is 4.39 Å². The van der Waals surface area contributed by atoms with Gasteiger partial charge in [-0.1, -0.05) is 72.8 Å². The zero-order valence-corrected chi connectivity index (χ0v) is 14.3. The maximum absolute atomic E-state index is 13.0. The molecule has 0 aliphatic carbocycles. The molecule has 3 aromatic carbocycles. The van der Waals surface area contributed by atoms with Gasteiger partial charge in [-0.05, 0) is 28.8 Å². The van der Waals surface area contributed by atoms with E-state index in [1.807, 2.05) is 36.4 Å². The van der Waals surface area contributed by atoms with Crippen molar-refractivity contribution in [3.05, 3.63) is 107 Å². The van der Waals surface area contributed by atoms with Crippen LogP contribution in [0, 0.1) is 5.82 Å². The molecule has 1 aliphatic rings. The normalized spacial score (nSPS) is 18.9. The predicted octanol–water partition coefficient (Wildman–Crippen LogP) is 4.36. The summed E-state index contributed by atoms with van der Waals surface area (Å²) in [6.45, 7) is 0.592. The molecule has 130 valence electrons. The van der Waals surface area contributed by atoms with E-state index in [4.69, 9.17) is 4.99 Å². The summed E-state index contributed by atoms with van der Waals surface area (Å²) in [5.41, 5.74) is 3.38. The molecule has 1 aliphatic heterocycles. The molecule has 26 heavy (non-hydrogen) atoms. The first-order chi connectivity index (χ1) is 12.8. The molecule has 2 N–H and O–H groups in total. The number of rotatable bonds is 4. The van der Waals surface area contributed by atoms with Crippen LogP contribution in [0.3, 0.4) is 0 Å². The highest BCUT2D eigenvalue weighted by molar-refractivity contribution is 5.82. The number of nitrogens with one attached hydrogen (secondary N) is 2. The van der Waals surface area contributed by atoms with Gasteiger partial charge in [0, 0.05) is 6.54 Å². The van der Waals surface area contributed by atoms with E-state index in [-0.39, 0.29) is 17.9 Å². The van der Waals surface area contributed by atoms with E-state index < -0.39 is 0 Å². The Balaban J connectivity index is 1.55. The number of aliphatic imine (C=N–C) groups is 1. The third-order valence-corrected chi connectivity index (χ3v) is 4.55. The second-order valence-electron chi connectivity index (χ2n) is 6.35. The van der Waals surface area contributed by atoms with E-state index in [2.05, 4.69) is 34.9 Å². The minimum absolute atomic E-state index is 0.00863. The van der Waals surface area contributed by atoms with Gasteiger partial charge >= 0.3 is 0 Å². The Kier molecular flexibility index (Phi) is 4.65. The van der Waals surface area contributed by atoms with Gasteiger partial charge in [-0.25, -0.2) is 9.38 Å². The quantitative estimate of drug-likeness (QED) is 0.737. The zero-order valence-electron chi connectivity index (χ0n) is 14.3. The number of guanidine groups is 1. The molecular formula is C22H20FN3. The van der Waals surface area contributed by atoms with Gasteiger partial charge in [0.25, 0.3) is 0 Å². The van der Waals surface area contributed by atoms with Crippen molar-refractivity contribution in [1.82, 2.24) is 10.6 Å². The highest BCUT2D eigenvalue weighted by Crippen LogP contribution is 2.35. The zero-order chi connectivity index (χ0) is 17.8. The lowest BCUT2D eigenvalue weighted by Crippen LogP contribution is -2.35. The Morgan fingerprint density at radius 1 is 0.808 bits per heavy atom. The summed E-state index contributed by atoms with van der Waals surface area (Å²) in [7, 11) is 0. The van der Waals surface area contributed by atoms with Crippen LogP contribution in [0.2, 0.25) is 0 Å². The third-order valence-electron chi connectivity index (χ3n) is 4.55. The van der Waals surface area contributed by atoms with Gasteiger partial charge in [-0.2, -0.15) is 0 Å². The minimum atomic E-state index is -0.224. The molecular weight excluding hydrogens is 325 g/mol. The van der Waals surface area contributed by atoms with Crippen LogP contribution in [0.5, 0.6) is 0 Å². The Labute approximate surface area is 152 Å². The number of hydrogen-bond donors (Lipinski definition) is 2. The van der Waals surface area contributed by atoms with Crippen LogP contribution >= 0.6 is 0 Å². The summed E-state index contributed by atoms with van der Waals surface area (Å²) >= 11 is 0. The monoisotopic (exact) mass is 345 g/mol. The second-order valence-corrected chi connectivity index (χ2v) is 6.35. The first kappa shape index (κ1) is 16.3. The van der Waals surface area contributed by atoms with Gasteiger partial charge < -0.3 is 10.6 Å². The SMILES string of the molecule is Fc1ccc(CNC2=N[C@H](c3ccccc3)[C@@H](c3ccccc3)N2)cc1. The van der Waals surface area contributed by atoms with Crippen molar-refractivity contribution in [3.8, 4) is 0 Å². The standard InChI is InChI=1S/C22H20FN3/c23-19-13-11-16(12-14-19)15-24-22-25-20(17-7-3-1-4-8-17)21(26-22)18-9-5-2-6-10-18/h1-14,20-21H,15H2,(H2,24,25,26)/t20-,21-/m1/s1. The smallest absolute Gasteiger partial charge is 0.192 e. The van der Waals surface area contributed by atoms with Gasteiger partial charge in [0.1, 0.15) is 11.9 Å². The maximum atomic E-state index is 13.0. The van der Waals surface area contributed by atoms with E-state index in [9.17, 15) is 4.39 Å². The van der Waals surface area contributed by atoms with Crippen LogP contribution in [0.1, 0.15) is 28.8 Å². The summed E-state index contributed by atoms with van der Waals surface area (Å²) in [5, 5.41) is 6.84. The third kappa shape index (κ3) is 3.59. The Hall–Kier alpha value is -3.14. The fourth-order valence-corrected chi connectivity index (χ4v) is 3.21.